The summed E-state index contributed by atoms with van der Waals surface area (Å²) in [6.07, 6.45) is 1.40. The van der Waals surface area contributed by atoms with E-state index in [9.17, 15) is 9.18 Å². The highest BCUT2D eigenvalue weighted by Gasteiger charge is 2.27. The van der Waals surface area contributed by atoms with Crippen LogP contribution in [0.1, 0.15) is 12.0 Å². The second-order valence-electron chi connectivity index (χ2n) is 4.47. The van der Waals surface area contributed by atoms with Gasteiger partial charge in [-0.25, -0.2) is 4.39 Å². The first-order chi connectivity index (χ1) is 8.19. The zero-order chi connectivity index (χ0) is 12.3. The molecular formula is C13H16FNOS. The lowest BCUT2D eigenvalue weighted by atomic mass is 10.1. The van der Waals surface area contributed by atoms with Crippen molar-refractivity contribution in [1.82, 2.24) is 4.90 Å². The third-order valence-electron chi connectivity index (χ3n) is 3.14. The molecule has 0 aromatic heterocycles. The number of thiol groups is 1. The molecule has 1 aliphatic heterocycles. The fourth-order valence-corrected chi connectivity index (χ4v) is 2.35. The number of likely N-dealkylation sites (tertiary alicyclic amines) is 1. The predicted molar refractivity (Wildman–Crippen MR) is 68.6 cm³/mol. The number of nitrogens with zero attached hydrogens (tertiary/aromatic N) is 1. The van der Waals surface area contributed by atoms with Crippen molar-refractivity contribution in [2.24, 2.45) is 5.92 Å². The SMILES string of the molecule is O=C1CC(CS)CN1CCc1ccc(F)cc1. The Morgan fingerprint density at radius 3 is 2.65 bits per heavy atom. The molecular weight excluding hydrogens is 237 g/mol. The van der Waals surface area contributed by atoms with Crippen LogP contribution >= 0.6 is 12.6 Å². The summed E-state index contributed by atoms with van der Waals surface area (Å²) in [5.74, 6) is 1.14. The van der Waals surface area contributed by atoms with E-state index in [2.05, 4.69) is 12.6 Å². The van der Waals surface area contributed by atoms with Gasteiger partial charge in [0, 0.05) is 19.5 Å². The van der Waals surface area contributed by atoms with Crippen molar-refractivity contribution in [3.63, 3.8) is 0 Å². The molecule has 2 rings (SSSR count). The number of carbonyl (C=O) groups is 1. The predicted octanol–water partition coefficient (Wildman–Crippen LogP) is 2.15. The molecule has 1 saturated heterocycles. The molecule has 1 aromatic rings. The second kappa shape index (κ2) is 5.54. The number of amides is 1. The molecule has 0 bridgehead atoms. The highest BCUT2D eigenvalue weighted by atomic mass is 32.1. The van der Waals surface area contributed by atoms with Crippen LogP contribution in [0.15, 0.2) is 24.3 Å². The minimum absolute atomic E-state index is 0.214. The van der Waals surface area contributed by atoms with Gasteiger partial charge in [0.2, 0.25) is 5.91 Å². The van der Waals surface area contributed by atoms with E-state index in [1.54, 1.807) is 12.1 Å². The van der Waals surface area contributed by atoms with Crippen molar-refractivity contribution in [3.8, 4) is 0 Å². The number of benzene rings is 1. The first kappa shape index (κ1) is 12.4. The Morgan fingerprint density at radius 2 is 2.06 bits per heavy atom. The quantitative estimate of drug-likeness (QED) is 0.815. The first-order valence-corrected chi connectivity index (χ1v) is 6.45. The number of carbonyl (C=O) groups excluding carboxylic acids is 1. The zero-order valence-electron chi connectivity index (χ0n) is 9.60. The molecule has 0 N–H and O–H groups in total. The van der Waals surface area contributed by atoms with Crippen LogP contribution in [-0.4, -0.2) is 29.6 Å². The van der Waals surface area contributed by atoms with E-state index < -0.39 is 0 Å². The molecule has 92 valence electrons. The average molecular weight is 253 g/mol. The van der Waals surface area contributed by atoms with Crippen LogP contribution in [-0.2, 0) is 11.2 Å². The van der Waals surface area contributed by atoms with Gasteiger partial charge in [0.05, 0.1) is 0 Å². The van der Waals surface area contributed by atoms with Crippen LogP contribution < -0.4 is 0 Å². The second-order valence-corrected chi connectivity index (χ2v) is 4.83. The van der Waals surface area contributed by atoms with Crippen molar-refractivity contribution in [2.45, 2.75) is 12.8 Å². The maximum absolute atomic E-state index is 12.7. The van der Waals surface area contributed by atoms with E-state index >= 15 is 0 Å². The van der Waals surface area contributed by atoms with Crippen LogP contribution in [0.5, 0.6) is 0 Å². The van der Waals surface area contributed by atoms with E-state index in [4.69, 9.17) is 0 Å². The smallest absolute Gasteiger partial charge is 0.222 e. The molecule has 1 fully saturated rings. The van der Waals surface area contributed by atoms with Crippen LogP contribution in [0.3, 0.4) is 0 Å². The molecule has 0 radical (unpaired) electrons. The Kier molecular flexibility index (Phi) is 4.05. The highest BCUT2D eigenvalue weighted by Crippen LogP contribution is 2.19. The first-order valence-electron chi connectivity index (χ1n) is 5.82. The van der Waals surface area contributed by atoms with Crippen LogP contribution in [0.4, 0.5) is 4.39 Å². The zero-order valence-corrected chi connectivity index (χ0v) is 10.5. The molecule has 17 heavy (non-hydrogen) atoms. The third kappa shape index (κ3) is 3.22. The molecule has 1 aromatic carbocycles. The van der Waals surface area contributed by atoms with Gasteiger partial charge in [0.25, 0.3) is 0 Å². The minimum Gasteiger partial charge on any atom is -0.342 e. The summed E-state index contributed by atoms with van der Waals surface area (Å²) in [6.45, 7) is 1.53. The fraction of sp³-hybridized carbons (Fsp3) is 0.462. The monoisotopic (exact) mass is 253 g/mol. The maximum atomic E-state index is 12.7. The van der Waals surface area contributed by atoms with Crippen molar-refractivity contribution in [1.29, 1.82) is 0 Å². The molecule has 1 heterocycles. The van der Waals surface area contributed by atoms with Gasteiger partial charge in [0.1, 0.15) is 5.82 Å². The van der Waals surface area contributed by atoms with E-state index in [1.807, 2.05) is 4.90 Å². The summed E-state index contributed by atoms with van der Waals surface area (Å²) >= 11 is 4.23. The van der Waals surface area contributed by atoms with Crippen LogP contribution in [0.25, 0.3) is 0 Å². The van der Waals surface area contributed by atoms with Gasteiger partial charge in [-0.1, -0.05) is 12.1 Å². The molecule has 1 unspecified atom stereocenters. The Labute approximate surface area is 106 Å². The molecule has 2 nitrogen and oxygen atoms in total. The highest BCUT2D eigenvalue weighted by molar-refractivity contribution is 7.80. The van der Waals surface area contributed by atoms with Gasteiger partial charge in [-0.05, 0) is 35.8 Å². The largest absolute Gasteiger partial charge is 0.342 e. The maximum Gasteiger partial charge on any atom is 0.222 e. The van der Waals surface area contributed by atoms with E-state index in [0.717, 1.165) is 30.8 Å². The molecule has 1 atom stereocenters. The summed E-state index contributed by atoms with van der Waals surface area (Å²) < 4.78 is 12.7. The summed E-state index contributed by atoms with van der Waals surface area (Å²) in [7, 11) is 0. The van der Waals surface area contributed by atoms with Crippen LogP contribution in [0, 0.1) is 11.7 Å². The Bertz CT molecular complexity index is 393. The molecule has 0 aliphatic carbocycles. The van der Waals surface area contributed by atoms with Gasteiger partial charge in [-0.3, -0.25) is 4.79 Å². The molecule has 1 amide bonds. The fourth-order valence-electron chi connectivity index (χ4n) is 2.11. The minimum atomic E-state index is -0.221. The number of halogens is 1. The summed E-state index contributed by atoms with van der Waals surface area (Å²) in [6, 6.07) is 6.45. The summed E-state index contributed by atoms with van der Waals surface area (Å²) in [4.78, 5) is 13.5. The Hall–Kier alpha value is -1.03. The lowest BCUT2D eigenvalue weighted by molar-refractivity contribution is -0.127. The number of rotatable bonds is 4. The summed E-state index contributed by atoms with van der Waals surface area (Å²) in [5, 5.41) is 0. The molecule has 4 heteroatoms. The van der Waals surface area contributed by atoms with Crippen molar-refractivity contribution >= 4 is 18.5 Å². The number of hydrogen-bond donors (Lipinski definition) is 1. The van der Waals surface area contributed by atoms with Gasteiger partial charge in [-0.2, -0.15) is 12.6 Å². The van der Waals surface area contributed by atoms with Gasteiger partial charge < -0.3 is 4.90 Å². The lowest BCUT2D eigenvalue weighted by Crippen LogP contribution is -2.27. The van der Waals surface area contributed by atoms with E-state index in [1.165, 1.54) is 12.1 Å². The standard InChI is InChI=1S/C13H16FNOS/c14-12-3-1-10(2-4-12)5-6-15-8-11(9-17)7-13(15)16/h1-4,11,17H,5-9H2. The van der Waals surface area contributed by atoms with Gasteiger partial charge in [0.15, 0.2) is 0 Å². The average Bonchev–Trinajstić information content (AvgIpc) is 2.69. The molecule has 1 aliphatic rings. The lowest BCUT2D eigenvalue weighted by Gasteiger charge is -2.16. The number of hydrogen-bond acceptors (Lipinski definition) is 2. The van der Waals surface area contributed by atoms with Gasteiger partial charge in [-0.15, -0.1) is 0 Å². The Morgan fingerprint density at radius 1 is 1.35 bits per heavy atom. The van der Waals surface area contributed by atoms with Crippen molar-refractivity contribution in [3.05, 3.63) is 35.6 Å². The van der Waals surface area contributed by atoms with E-state index in [-0.39, 0.29) is 11.7 Å². The summed E-state index contributed by atoms with van der Waals surface area (Å²) in [5.41, 5.74) is 1.06. The molecule has 0 spiro atoms. The van der Waals surface area contributed by atoms with Gasteiger partial charge >= 0.3 is 0 Å². The Balaban J connectivity index is 1.86. The normalized spacial score (nSPS) is 20.0. The topological polar surface area (TPSA) is 20.3 Å². The van der Waals surface area contributed by atoms with Crippen molar-refractivity contribution < 1.29 is 9.18 Å². The van der Waals surface area contributed by atoms with E-state index in [0.29, 0.717) is 12.3 Å². The van der Waals surface area contributed by atoms with Crippen LogP contribution in [0.2, 0.25) is 0 Å². The van der Waals surface area contributed by atoms with Crippen molar-refractivity contribution in [2.75, 3.05) is 18.8 Å². The molecule has 0 saturated carbocycles. The third-order valence-corrected chi connectivity index (χ3v) is 3.65.